The largest absolute Gasteiger partial charge is 0.369 e. The number of hydrogen-bond donors (Lipinski definition) is 1. The molecule has 0 radical (unpaired) electrons. The number of imidazole rings is 1. The van der Waals surface area contributed by atoms with Crippen LogP contribution in [-0.2, 0) is 6.54 Å². The molecule has 0 fully saturated rings. The summed E-state index contributed by atoms with van der Waals surface area (Å²) in [4.78, 5) is 4.29. The van der Waals surface area contributed by atoms with E-state index in [1.165, 1.54) is 63.4 Å². The van der Waals surface area contributed by atoms with Crippen LogP contribution in [-0.4, -0.2) is 9.55 Å². The Morgan fingerprint density at radius 2 is 1.48 bits per heavy atom. The van der Waals surface area contributed by atoms with E-state index < -0.39 is 0 Å². The van der Waals surface area contributed by atoms with Crippen molar-refractivity contribution < 1.29 is 0 Å². The predicted molar refractivity (Wildman–Crippen MR) is 99.3 cm³/mol. The Hall–Kier alpha value is -1.77. The van der Waals surface area contributed by atoms with Crippen molar-refractivity contribution in [2.75, 3.05) is 5.73 Å². The first kappa shape index (κ1) is 17.6. The molecule has 1 aromatic heterocycles. The summed E-state index contributed by atoms with van der Waals surface area (Å²) in [5.41, 5.74) is 8.35. The maximum absolute atomic E-state index is 6.04. The molecule has 0 bridgehead atoms. The topological polar surface area (TPSA) is 43.8 Å². The number of nitrogen functional groups attached to an aromatic ring is 1. The molecule has 0 aliphatic carbocycles. The summed E-state index contributed by atoms with van der Waals surface area (Å²) in [7, 11) is 0. The van der Waals surface area contributed by atoms with Gasteiger partial charge in [-0.15, -0.1) is 0 Å². The first-order chi connectivity index (χ1) is 11.3. The Labute approximate surface area is 140 Å². The average molecular weight is 313 g/mol. The van der Waals surface area contributed by atoms with Gasteiger partial charge >= 0.3 is 0 Å². The fourth-order valence-corrected chi connectivity index (χ4v) is 3.04. The molecule has 23 heavy (non-hydrogen) atoms. The zero-order valence-electron chi connectivity index (χ0n) is 14.5. The number of nitrogens with two attached hydrogens (primary N) is 1. The highest BCUT2D eigenvalue weighted by Crippen LogP contribution is 2.22. The first-order valence-electron chi connectivity index (χ1n) is 9.19. The zero-order valence-corrected chi connectivity index (χ0v) is 14.5. The minimum absolute atomic E-state index is 0.628. The molecule has 2 N–H and O–H groups in total. The van der Waals surface area contributed by atoms with Gasteiger partial charge in [-0.3, -0.25) is 0 Å². The average Bonchev–Trinajstić information content (AvgIpc) is 2.95. The second-order valence-corrected chi connectivity index (χ2v) is 6.35. The molecule has 0 aliphatic heterocycles. The van der Waals surface area contributed by atoms with Crippen LogP contribution in [0.3, 0.4) is 0 Å². The van der Waals surface area contributed by atoms with Gasteiger partial charge in [-0.05, 0) is 12.0 Å². The SMILES string of the molecule is CCCCCCCCCCCn1c(-c2ccccc2)cnc1N. The van der Waals surface area contributed by atoms with Crippen molar-refractivity contribution in [2.24, 2.45) is 0 Å². The van der Waals surface area contributed by atoms with E-state index in [0.29, 0.717) is 5.95 Å². The van der Waals surface area contributed by atoms with E-state index >= 15 is 0 Å². The van der Waals surface area contributed by atoms with Gasteiger partial charge in [0.15, 0.2) is 0 Å². The van der Waals surface area contributed by atoms with Crippen LogP contribution >= 0.6 is 0 Å². The molecule has 0 aliphatic rings. The van der Waals surface area contributed by atoms with Crippen LogP contribution in [0.2, 0.25) is 0 Å². The third-order valence-corrected chi connectivity index (χ3v) is 4.44. The van der Waals surface area contributed by atoms with E-state index in [1.807, 2.05) is 12.3 Å². The number of rotatable bonds is 11. The number of anilines is 1. The van der Waals surface area contributed by atoms with Gasteiger partial charge in [0.1, 0.15) is 0 Å². The third-order valence-electron chi connectivity index (χ3n) is 4.44. The van der Waals surface area contributed by atoms with Gasteiger partial charge in [0.05, 0.1) is 11.9 Å². The summed E-state index contributed by atoms with van der Waals surface area (Å²) < 4.78 is 2.15. The lowest BCUT2D eigenvalue weighted by Gasteiger charge is -2.10. The molecule has 0 atom stereocenters. The fourth-order valence-electron chi connectivity index (χ4n) is 3.04. The smallest absolute Gasteiger partial charge is 0.200 e. The molecule has 0 spiro atoms. The summed E-state index contributed by atoms with van der Waals surface area (Å²) in [6, 6.07) is 10.4. The quantitative estimate of drug-likeness (QED) is 0.544. The third kappa shape index (κ3) is 5.74. The summed E-state index contributed by atoms with van der Waals surface area (Å²) in [5.74, 6) is 0.628. The Balaban J connectivity index is 1.71. The summed E-state index contributed by atoms with van der Waals surface area (Å²) >= 11 is 0. The molecule has 1 aromatic carbocycles. The van der Waals surface area contributed by atoms with Crippen molar-refractivity contribution in [1.82, 2.24) is 9.55 Å². The Bertz CT molecular complexity index is 545. The van der Waals surface area contributed by atoms with Crippen molar-refractivity contribution >= 4 is 5.95 Å². The molecule has 0 unspecified atom stereocenters. The lowest BCUT2D eigenvalue weighted by atomic mass is 10.1. The molecule has 3 heteroatoms. The second kappa shape index (κ2) is 10.1. The number of unbranched alkanes of at least 4 members (excludes halogenated alkanes) is 8. The van der Waals surface area contributed by atoms with Gasteiger partial charge in [0, 0.05) is 6.54 Å². The molecule has 0 saturated carbocycles. The summed E-state index contributed by atoms with van der Waals surface area (Å²) in [6.07, 6.45) is 14.0. The van der Waals surface area contributed by atoms with Crippen LogP contribution in [0.5, 0.6) is 0 Å². The molecule has 0 saturated heterocycles. The van der Waals surface area contributed by atoms with Crippen LogP contribution in [0, 0.1) is 0 Å². The van der Waals surface area contributed by atoms with Crippen LogP contribution < -0.4 is 5.73 Å². The molecule has 0 amide bonds. The molecule has 126 valence electrons. The normalized spacial score (nSPS) is 11.0. The lowest BCUT2D eigenvalue weighted by Crippen LogP contribution is -2.05. The van der Waals surface area contributed by atoms with Gasteiger partial charge < -0.3 is 10.3 Å². The molecule has 3 nitrogen and oxygen atoms in total. The lowest BCUT2D eigenvalue weighted by molar-refractivity contribution is 0.542. The number of aromatic nitrogens is 2. The van der Waals surface area contributed by atoms with E-state index in [9.17, 15) is 0 Å². The highest BCUT2D eigenvalue weighted by Gasteiger charge is 2.08. The Kier molecular flexibility index (Phi) is 7.71. The van der Waals surface area contributed by atoms with Crippen LogP contribution in [0.1, 0.15) is 64.7 Å². The van der Waals surface area contributed by atoms with Gasteiger partial charge in [-0.2, -0.15) is 0 Å². The maximum Gasteiger partial charge on any atom is 0.200 e. The molecule has 2 rings (SSSR count). The van der Waals surface area contributed by atoms with Gasteiger partial charge in [-0.1, -0.05) is 88.6 Å². The Morgan fingerprint density at radius 1 is 0.870 bits per heavy atom. The summed E-state index contributed by atoms with van der Waals surface area (Å²) in [5, 5.41) is 0. The number of nitrogens with zero attached hydrogens (tertiary/aromatic N) is 2. The van der Waals surface area contributed by atoms with Crippen molar-refractivity contribution in [3.63, 3.8) is 0 Å². The van der Waals surface area contributed by atoms with Crippen LogP contribution in [0.4, 0.5) is 5.95 Å². The van der Waals surface area contributed by atoms with Crippen molar-refractivity contribution in [3.05, 3.63) is 36.5 Å². The number of hydrogen-bond acceptors (Lipinski definition) is 2. The minimum atomic E-state index is 0.628. The minimum Gasteiger partial charge on any atom is -0.369 e. The molecular formula is C20H31N3. The van der Waals surface area contributed by atoms with E-state index in [1.54, 1.807) is 0 Å². The molecular weight excluding hydrogens is 282 g/mol. The van der Waals surface area contributed by atoms with Crippen molar-refractivity contribution in [1.29, 1.82) is 0 Å². The van der Waals surface area contributed by atoms with Gasteiger partial charge in [0.25, 0.3) is 0 Å². The van der Waals surface area contributed by atoms with E-state index in [4.69, 9.17) is 5.73 Å². The molecule has 2 aromatic rings. The second-order valence-electron chi connectivity index (χ2n) is 6.35. The highest BCUT2D eigenvalue weighted by atomic mass is 15.1. The fraction of sp³-hybridized carbons (Fsp3) is 0.550. The van der Waals surface area contributed by atoms with E-state index in [-0.39, 0.29) is 0 Å². The van der Waals surface area contributed by atoms with Gasteiger partial charge in [-0.25, -0.2) is 4.98 Å². The van der Waals surface area contributed by atoms with E-state index in [2.05, 4.69) is 40.7 Å². The monoisotopic (exact) mass is 313 g/mol. The van der Waals surface area contributed by atoms with E-state index in [0.717, 1.165) is 12.2 Å². The number of benzene rings is 1. The summed E-state index contributed by atoms with van der Waals surface area (Å²) in [6.45, 7) is 3.23. The van der Waals surface area contributed by atoms with Crippen molar-refractivity contribution in [2.45, 2.75) is 71.3 Å². The van der Waals surface area contributed by atoms with Crippen LogP contribution in [0.25, 0.3) is 11.3 Å². The van der Waals surface area contributed by atoms with Gasteiger partial charge in [0.2, 0.25) is 5.95 Å². The zero-order chi connectivity index (χ0) is 16.3. The predicted octanol–water partition coefficient (Wildman–Crippen LogP) is 5.66. The molecule has 1 heterocycles. The standard InChI is InChI=1S/C20H31N3/c1-2-3-4-5-6-7-8-9-13-16-23-19(17-22-20(23)21)18-14-11-10-12-15-18/h10-12,14-15,17H,2-9,13,16H2,1H3,(H2,21,22). The van der Waals surface area contributed by atoms with Crippen LogP contribution in [0.15, 0.2) is 36.5 Å². The first-order valence-corrected chi connectivity index (χ1v) is 9.19. The van der Waals surface area contributed by atoms with Crippen molar-refractivity contribution in [3.8, 4) is 11.3 Å². The highest BCUT2D eigenvalue weighted by molar-refractivity contribution is 5.60. The Morgan fingerprint density at radius 3 is 2.13 bits per heavy atom. The maximum atomic E-state index is 6.04.